The van der Waals surface area contributed by atoms with Gasteiger partial charge in [0.15, 0.2) is 0 Å². The summed E-state index contributed by atoms with van der Waals surface area (Å²) in [7, 11) is 1.96. The second-order valence-corrected chi connectivity index (χ2v) is 4.89. The molecule has 0 aliphatic carbocycles. The summed E-state index contributed by atoms with van der Waals surface area (Å²) in [5.74, 6) is 0.918. The van der Waals surface area contributed by atoms with Gasteiger partial charge in [0.1, 0.15) is 5.75 Å². The van der Waals surface area contributed by atoms with Crippen molar-refractivity contribution in [2.75, 3.05) is 7.05 Å². The first-order valence-electron chi connectivity index (χ1n) is 5.71. The van der Waals surface area contributed by atoms with Crippen LogP contribution in [0.4, 0.5) is 0 Å². The molecule has 0 saturated heterocycles. The smallest absolute Gasteiger partial charge is 0.133 e. The molecule has 0 aromatic heterocycles. The van der Waals surface area contributed by atoms with E-state index in [-0.39, 0.29) is 6.10 Å². The Labute approximate surface area is 107 Å². The molecule has 2 unspecified atom stereocenters. The highest BCUT2D eigenvalue weighted by Crippen LogP contribution is 2.29. The molecule has 0 fully saturated rings. The van der Waals surface area contributed by atoms with Crippen LogP contribution in [0.2, 0.25) is 0 Å². The topological polar surface area (TPSA) is 21.3 Å². The molecule has 16 heavy (non-hydrogen) atoms. The van der Waals surface area contributed by atoms with Gasteiger partial charge in [-0.25, -0.2) is 0 Å². The lowest BCUT2D eigenvalue weighted by molar-refractivity contribution is 0.216. The molecule has 0 bridgehead atoms. The number of rotatable bonds is 5. The lowest BCUT2D eigenvalue weighted by Crippen LogP contribution is -2.13. The molecule has 2 nitrogen and oxygen atoms in total. The Hall–Kier alpha value is -0.540. The molecular formula is C13H20BrNO. The summed E-state index contributed by atoms with van der Waals surface area (Å²) in [6, 6.07) is 6.59. The lowest BCUT2D eigenvalue weighted by Gasteiger charge is -2.16. The molecule has 0 aliphatic heterocycles. The molecule has 1 rings (SSSR count). The van der Waals surface area contributed by atoms with Crippen LogP contribution >= 0.6 is 15.9 Å². The average molecular weight is 286 g/mol. The zero-order valence-corrected chi connectivity index (χ0v) is 12.0. The lowest BCUT2D eigenvalue weighted by atomic mass is 10.1. The van der Waals surface area contributed by atoms with Crippen molar-refractivity contribution < 1.29 is 4.74 Å². The number of benzene rings is 1. The van der Waals surface area contributed by atoms with Crippen molar-refractivity contribution >= 4 is 15.9 Å². The third-order valence-electron chi connectivity index (χ3n) is 2.79. The van der Waals surface area contributed by atoms with E-state index in [0.717, 1.165) is 16.6 Å². The van der Waals surface area contributed by atoms with Crippen molar-refractivity contribution in [2.24, 2.45) is 0 Å². The minimum Gasteiger partial charge on any atom is -0.490 e. The first-order chi connectivity index (χ1) is 7.58. The second-order valence-electron chi connectivity index (χ2n) is 4.04. The number of hydrogen-bond donors (Lipinski definition) is 1. The van der Waals surface area contributed by atoms with Gasteiger partial charge in [-0.2, -0.15) is 0 Å². The summed E-state index contributed by atoms with van der Waals surface area (Å²) >= 11 is 3.55. The summed E-state index contributed by atoms with van der Waals surface area (Å²) in [6.07, 6.45) is 1.27. The largest absolute Gasteiger partial charge is 0.490 e. The average Bonchev–Trinajstić information content (AvgIpc) is 2.30. The van der Waals surface area contributed by atoms with E-state index >= 15 is 0 Å². The van der Waals surface area contributed by atoms with E-state index in [1.165, 1.54) is 5.56 Å². The van der Waals surface area contributed by atoms with Crippen LogP contribution in [-0.2, 0) is 0 Å². The molecule has 2 atom stereocenters. The maximum Gasteiger partial charge on any atom is 0.133 e. The zero-order chi connectivity index (χ0) is 12.1. The monoisotopic (exact) mass is 285 g/mol. The summed E-state index contributed by atoms with van der Waals surface area (Å²) in [6.45, 7) is 6.34. The van der Waals surface area contributed by atoms with Crippen molar-refractivity contribution in [1.29, 1.82) is 0 Å². The van der Waals surface area contributed by atoms with Crippen LogP contribution in [-0.4, -0.2) is 13.2 Å². The van der Waals surface area contributed by atoms with E-state index in [1.807, 2.05) is 13.1 Å². The Morgan fingerprint density at radius 2 is 2.06 bits per heavy atom. The van der Waals surface area contributed by atoms with Crippen LogP contribution in [0.15, 0.2) is 22.7 Å². The molecule has 0 heterocycles. The minimum atomic E-state index is 0.254. The SMILES string of the molecule is CCC(C)Oc1ccc(C(C)NC)cc1Br. The molecule has 0 amide bonds. The molecular weight excluding hydrogens is 266 g/mol. The highest BCUT2D eigenvalue weighted by atomic mass is 79.9. The van der Waals surface area contributed by atoms with Gasteiger partial charge in [-0.15, -0.1) is 0 Å². The molecule has 90 valence electrons. The Bertz CT molecular complexity index is 341. The number of nitrogens with one attached hydrogen (secondary N) is 1. The predicted octanol–water partition coefficient (Wildman–Crippen LogP) is 3.91. The van der Waals surface area contributed by atoms with Crippen molar-refractivity contribution in [3.05, 3.63) is 28.2 Å². The number of halogens is 1. The first kappa shape index (κ1) is 13.5. The number of ether oxygens (including phenoxy) is 1. The van der Waals surface area contributed by atoms with Crippen LogP contribution in [0.1, 0.15) is 38.8 Å². The fraction of sp³-hybridized carbons (Fsp3) is 0.538. The van der Waals surface area contributed by atoms with Gasteiger partial charge in [-0.1, -0.05) is 13.0 Å². The van der Waals surface area contributed by atoms with Crippen molar-refractivity contribution in [1.82, 2.24) is 5.32 Å². The Morgan fingerprint density at radius 1 is 1.38 bits per heavy atom. The Morgan fingerprint density at radius 3 is 2.56 bits per heavy atom. The molecule has 0 saturated carbocycles. The van der Waals surface area contributed by atoms with Crippen LogP contribution in [0.5, 0.6) is 5.75 Å². The number of hydrogen-bond acceptors (Lipinski definition) is 2. The summed E-state index contributed by atoms with van der Waals surface area (Å²) in [5, 5.41) is 3.22. The summed E-state index contributed by atoms with van der Waals surface area (Å²) < 4.78 is 6.82. The quantitative estimate of drug-likeness (QED) is 0.886. The second kappa shape index (κ2) is 6.26. The van der Waals surface area contributed by atoms with Gasteiger partial charge in [0.2, 0.25) is 0 Å². The van der Waals surface area contributed by atoms with E-state index in [4.69, 9.17) is 4.74 Å². The van der Waals surface area contributed by atoms with E-state index in [1.54, 1.807) is 0 Å². The maximum atomic E-state index is 5.80. The molecule has 1 aromatic rings. The molecule has 0 spiro atoms. The molecule has 0 radical (unpaired) electrons. The summed E-state index contributed by atoms with van der Waals surface area (Å²) in [5.41, 5.74) is 1.26. The van der Waals surface area contributed by atoms with Crippen molar-refractivity contribution in [2.45, 2.75) is 39.3 Å². The van der Waals surface area contributed by atoms with Crippen LogP contribution in [0.25, 0.3) is 0 Å². The molecule has 0 aliphatic rings. The third kappa shape index (κ3) is 3.49. The molecule has 1 aromatic carbocycles. The zero-order valence-electron chi connectivity index (χ0n) is 10.4. The van der Waals surface area contributed by atoms with Gasteiger partial charge in [0.05, 0.1) is 10.6 Å². The summed E-state index contributed by atoms with van der Waals surface area (Å²) in [4.78, 5) is 0. The van der Waals surface area contributed by atoms with Crippen LogP contribution in [0, 0.1) is 0 Å². The standard InChI is InChI=1S/C13H20BrNO/c1-5-9(2)16-13-7-6-11(8-12(13)14)10(3)15-4/h6-10,15H,5H2,1-4H3. The van der Waals surface area contributed by atoms with E-state index < -0.39 is 0 Å². The normalized spacial score (nSPS) is 14.6. The van der Waals surface area contributed by atoms with Crippen molar-refractivity contribution in [3.63, 3.8) is 0 Å². The van der Waals surface area contributed by atoms with Gasteiger partial charge in [-0.05, 0) is 60.9 Å². The Kier molecular flexibility index (Phi) is 5.29. The Balaban J connectivity index is 2.83. The molecule has 1 N–H and O–H groups in total. The van der Waals surface area contributed by atoms with Gasteiger partial charge in [0, 0.05) is 6.04 Å². The van der Waals surface area contributed by atoms with Gasteiger partial charge < -0.3 is 10.1 Å². The van der Waals surface area contributed by atoms with E-state index in [9.17, 15) is 0 Å². The maximum absolute atomic E-state index is 5.80. The third-order valence-corrected chi connectivity index (χ3v) is 3.41. The highest BCUT2D eigenvalue weighted by Gasteiger charge is 2.08. The fourth-order valence-electron chi connectivity index (χ4n) is 1.35. The first-order valence-corrected chi connectivity index (χ1v) is 6.51. The fourth-order valence-corrected chi connectivity index (χ4v) is 1.84. The van der Waals surface area contributed by atoms with Gasteiger partial charge in [-0.3, -0.25) is 0 Å². The van der Waals surface area contributed by atoms with Gasteiger partial charge >= 0.3 is 0 Å². The van der Waals surface area contributed by atoms with E-state index in [0.29, 0.717) is 6.04 Å². The molecule has 3 heteroatoms. The predicted molar refractivity (Wildman–Crippen MR) is 72.0 cm³/mol. The van der Waals surface area contributed by atoms with Crippen LogP contribution in [0.3, 0.4) is 0 Å². The minimum absolute atomic E-state index is 0.254. The van der Waals surface area contributed by atoms with Gasteiger partial charge in [0.25, 0.3) is 0 Å². The van der Waals surface area contributed by atoms with Crippen LogP contribution < -0.4 is 10.1 Å². The highest BCUT2D eigenvalue weighted by molar-refractivity contribution is 9.10. The van der Waals surface area contributed by atoms with Crippen molar-refractivity contribution in [3.8, 4) is 5.75 Å². The van der Waals surface area contributed by atoms with E-state index in [2.05, 4.69) is 54.2 Å².